The highest BCUT2D eigenvalue weighted by atomic mass is 19.1. The Hall–Kier alpha value is -2.96. The van der Waals surface area contributed by atoms with Gasteiger partial charge in [-0.25, -0.2) is 14.2 Å². The zero-order valence-corrected chi connectivity index (χ0v) is 13.0. The number of pyridine rings is 1. The number of anilines is 1. The second-order valence-electron chi connectivity index (χ2n) is 5.65. The Morgan fingerprint density at radius 1 is 1.38 bits per heavy atom. The van der Waals surface area contributed by atoms with Crippen LogP contribution >= 0.6 is 0 Å². The fraction of sp³-hybridized carbons (Fsp3) is 0.235. The van der Waals surface area contributed by atoms with Crippen LogP contribution in [-0.2, 0) is 17.8 Å². The van der Waals surface area contributed by atoms with Crippen LogP contribution in [0.15, 0.2) is 42.6 Å². The number of carboxylic acid groups (broad SMARTS) is 1. The van der Waals surface area contributed by atoms with Gasteiger partial charge in [-0.1, -0.05) is 18.2 Å². The molecule has 1 aromatic carbocycles. The highest BCUT2D eigenvalue weighted by molar-refractivity contribution is 6.00. The molecule has 0 fully saturated rings. The number of nitrogens with zero attached hydrogens (tertiary/aromatic N) is 3. The Kier molecular flexibility index (Phi) is 4.16. The number of carbonyl (C=O) groups excluding carboxylic acids is 1. The highest BCUT2D eigenvalue weighted by Crippen LogP contribution is 2.29. The minimum Gasteiger partial charge on any atom is -0.465 e. The lowest BCUT2D eigenvalue weighted by atomic mass is 9.98. The van der Waals surface area contributed by atoms with Gasteiger partial charge in [0.15, 0.2) is 0 Å². The normalized spacial score (nSPS) is 16.7. The third-order valence-electron chi connectivity index (χ3n) is 4.11. The van der Waals surface area contributed by atoms with Crippen LogP contribution in [0.3, 0.4) is 0 Å². The van der Waals surface area contributed by atoms with Crippen molar-refractivity contribution < 1.29 is 19.1 Å². The first-order chi connectivity index (χ1) is 11.5. The van der Waals surface area contributed by atoms with Gasteiger partial charge >= 0.3 is 6.09 Å². The number of fused-ring (bicyclic) bond motifs is 1. The van der Waals surface area contributed by atoms with E-state index in [2.05, 4.69) is 4.98 Å². The SMILES string of the molecule is CN(C(=O)O)C1Cc2cccnc2N(Cc2ccc(F)cc2)C1=O. The number of hydrogen-bond acceptors (Lipinski definition) is 3. The van der Waals surface area contributed by atoms with Crippen molar-refractivity contribution in [1.82, 2.24) is 9.88 Å². The van der Waals surface area contributed by atoms with Crippen molar-refractivity contribution in [2.45, 2.75) is 19.0 Å². The second-order valence-corrected chi connectivity index (χ2v) is 5.65. The molecule has 0 spiro atoms. The van der Waals surface area contributed by atoms with E-state index in [1.54, 1.807) is 24.4 Å². The molecule has 1 aromatic heterocycles. The van der Waals surface area contributed by atoms with Crippen LogP contribution in [-0.4, -0.2) is 40.1 Å². The van der Waals surface area contributed by atoms with Gasteiger partial charge in [0.1, 0.15) is 17.7 Å². The Morgan fingerprint density at radius 3 is 2.75 bits per heavy atom. The molecule has 0 bridgehead atoms. The molecule has 24 heavy (non-hydrogen) atoms. The summed E-state index contributed by atoms with van der Waals surface area (Å²) in [5.74, 6) is -0.178. The van der Waals surface area contributed by atoms with Crippen LogP contribution in [0.1, 0.15) is 11.1 Å². The molecule has 2 aromatic rings. The van der Waals surface area contributed by atoms with E-state index in [9.17, 15) is 19.1 Å². The predicted molar refractivity (Wildman–Crippen MR) is 85.1 cm³/mol. The number of benzene rings is 1. The van der Waals surface area contributed by atoms with E-state index >= 15 is 0 Å². The van der Waals surface area contributed by atoms with Gasteiger partial charge in [0, 0.05) is 19.7 Å². The lowest BCUT2D eigenvalue weighted by Gasteiger charge is -2.36. The van der Waals surface area contributed by atoms with Crippen LogP contribution in [0.5, 0.6) is 0 Å². The Balaban J connectivity index is 1.97. The predicted octanol–water partition coefficient (Wildman–Crippen LogP) is 2.29. The Labute approximate surface area is 138 Å². The summed E-state index contributed by atoms with van der Waals surface area (Å²) in [4.78, 5) is 30.8. The summed E-state index contributed by atoms with van der Waals surface area (Å²) in [7, 11) is 1.38. The summed E-state index contributed by atoms with van der Waals surface area (Å²) in [6.45, 7) is 0.201. The smallest absolute Gasteiger partial charge is 0.407 e. The minimum absolute atomic E-state index is 0.201. The molecular formula is C17H16FN3O3. The molecule has 2 heterocycles. The third-order valence-corrected chi connectivity index (χ3v) is 4.11. The zero-order chi connectivity index (χ0) is 17.3. The van der Waals surface area contributed by atoms with Crippen LogP contribution in [0.25, 0.3) is 0 Å². The molecule has 2 amide bonds. The number of likely N-dealkylation sites (N-methyl/N-ethyl adjacent to an activating group) is 1. The molecule has 0 radical (unpaired) electrons. The van der Waals surface area contributed by atoms with Crippen molar-refractivity contribution >= 4 is 17.8 Å². The van der Waals surface area contributed by atoms with Crippen molar-refractivity contribution in [1.29, 1.82) is 0 Å². The van der Waals surface area contributed by atoms with E-state index in [4.69, 9.17) is 0 Å². The number of halogens is 1. The highest BCUT2D eigenvalue weighted by Gasteiger charge is 2.37. The maximum atomic E-state index is 13.1. The van der Waals surface area contributed by atoms with Crippen molar-refractivity contribution in [3.8, 4) is 0 Å². The summed E-state index contributed by atoms with van der Waals surface area (Å²) < 4.78 is 13.1. The van der Waals surface area contributed by atoms with E-state index in [0.717, 1.165) is 16.0 Å². The number of carbonyl (C=O) groups is 2. The topological polar surface area (TPSA) is 73.7 Å². The lowest BCUT2D eigenvalue weighted by Crippen LogP contribution is -2.53. The van der Waals surface area contributed by atoms with Crippen LogP contribution in [0, 0.1) is 5.82 Å². The molecule has 1 aliphatic heterocycles. The summed E-state index contributed by atoms with van der Waals surface area (Å²) >= 11 is 0. The maximum Gasteiger partial charge on any atom is 0.407 e. The van der Waals surface area contributed by atoms with E-state index < -0.39 is 12.1 Å². The van der Waals surface area contributed by atoms with Crippen LogP contribution < -0.4 is 4.90 Å². The monoisotopic (exact) mass is 329 g/mol. The average molecular weight is 329 g/mol. The summed E-state index contributed by atoms with van der Waals surface area (Å²) in [5, 5.41) is 9.20. The molecule has 0 aliphatic carbocycles. The van der Waals surface area contributed by atoms with Gasteiger partial charge in [-0.3, -0.25) is 14.6 Å². The van der Waals surface area contributed by atoms with Crippen molar-refractivity contribution in [2.75, 3.05) is 11.9 Å². The number of hydrogen-bond donors (Lipinski definition) is 1. The average Bonchev–Trinajstić information content (AvgIpc) is 2.58. The quantitative estimate of drug-likeness (QED) is 0.937. The molecule has 6 nitrogen and oxygen atoms in total. The molecule has 124 valence electrons. The molecule has 1 unspecified atom stereocenters. The van der Waals surface area contributed by atoms with Crippen LogP contribution in [0.4, 0.5) is 15.0 Å². The fourth-order valence-electron chi connectivity index (χ4n) is 2.77. The molecule has 7 heteroatoms. The van der Waals surface area contributed by atoms with E-state index in [0.29, 0.717) is 5.82 Å². The largest absolute Gasteiger partial charge is 0.465 e. The van der Waals surface area contributed by atoms with Gasteiger partial charge in [0.2, 0.25) is 0 Å². The molecule has 0 saturated heterocycles. The van der Waals surface area contributed by atoms with Gasteiger partial charge in [0.05, 0.1) is 6.54 Å². The summed E-state index contributed by atoms with van der Waals surface area (Å²) in [6.07, 6.45) is 0.706. The fourth-order valence-corrected chi connectivity index (χ4v) is 2.77. The number of rotatable bonds is 3. The van der Waals surface area contributed by atoms with Crippen LogP contribution in [0.2, 0.25) is 0 Å². The van der Waals surface area contributed by atoms with Crippen molar-refractivity contribution in [2.24, 2.45) is 0 Å². The molecular weight excluding hydrogens is 313 g/mol. The molecule has 1 atom stereocenters. The lowest BCUT2D eigenvalue weighted by molar-refractivity contribution is -0.123. The van der Waals surface area contributed by atoms with Gasteiger partial charge in [-0.15, -0.1) is 0 Å². The number of amides is 2. The van der Waals surface area contributed by atoms with E-state index in [-0.39, 0.29) is 24.7 Å². The minimum atomic E-state index is -1.16. The molecule has 1 N–H and O–H groups in total. The van der Waals surface area contributed by atoms with E-state index in [1.165, 1.54) is 24.1 Å². The molecule has 1 aliphatic rings. The second kappa shape index (κ2) is 6.27. The molecule has 3 rings (SSSR count). The van der Waals surface area contributed by atoms with Gasteiger partial charge in [-0.05, 0) is 29.3 Å². The Bertz CT molecular complexity index is 779. The van der Waals surface area contributed by atoms with Gasteiger partial charge < -0.3 is 5.11 Å². The van der Waals surface area contributed by atoms with Crippen molar-refractivity contribution in [3.05, 3.63) is 59.5 Å². The van der Waals surface area contributed by atoms with E-state index in [1.807, 2.05) is 6.07 Å². The maximum absolute atomic E-state index is 13.1. The Morgan fingerprint density at radius 2 is 2.08 bits per heavy atom. The summed E-state index contributed by atoms with van der Waals surface area (Å²) in [5.41, 5.74) is 1.54. The third kappa shape index (κ3) is 2.92. The van der Waals surface area contributed by atoms with Crippen molar-refractivity contribution in [3.63, 3.8) is 0 Å². The molecule has 0 saturated carbocycles. The zero-order valence-electron chi connectivity index (χ0n) is 13.0. The van der Waals surface area contributed by atoms with Gasteiger partial charge in [-0.2, -0.15) is 0 Å². The number of aromatic nitrogens is 1. The first-order valence-corrected chi connectivity index (χ1v) is 7.43. The standard InChI is InChI=1S/C17H16FN3O3/c1-20(17(23)24)14-9-12-3-2-8-19-15(12)21(16(14)22)10-11-4-6-13(18)7-5-11/h2-8,14H,9-10H2,1H3,(H,23,24). The van der Waals surface area contributed by atoms with Gasteiger partial charge in [0.25, 0.3) is 5.91 Å². The first-order valence-electron chi connectivity index (χ1n) is 7.43. The summed E-state index contributed by atoms with van der Waals surface area (Å²) in [6, 6.07) is 8.61. The first kappa shape index (κ1) is 15.9.